The molecule has 9 nitrogen and oxygen atoms in total. The summed E-state index contributed by atoms with van der Waals surface area (Å²) in [6.45, 7) is 4.22. The Labute approximate surface area is 179 Å². The first kappa shape index (κ1) is 21.5. The van der Waals surface area contributed by atoms with E-state index in [1.807, 2.05) is 0 Å². The van der Waals surface area contributed by atoms with Gasteiger partial charge in [0.15, 0.2) is 15.9 Å². The average molecular weight is 448 g/mol. The van der Waals surface area contributed by atoms with E-state index in [2.05, 4.69) is 4.98 Å². The van der Waals surface area contributed by atoms with Crippen molar-refractivity contribution in [3.8, 4) is 0 Å². The van der Waals surface area contributed by atoms with Crippen LogP contribution >= 0.6 is 0 Å². The fraction of sp³-hybridized carbons (Fsp3) is 0.524. The molecule has 0 aliphatic carbocycles. The van der Waals surface area contributed by atoms with Gasteiger partial charge in [-0.05, 0) is 44.9 Å². The Morgan fingerprint density at radius 3 is 2.81 bits per heavy atom. The van der Waals surface area contributed by atoms with Gasteiger partial charge in [0.1, 0.15) is 5.82 Å². The van der Waals surface area contributed by atoms with Gasteiger partial charge in [-0.3, -0.25) is 14.2 Å². The van der Waals surface area contributed by atoms with Crippen LogP contribution in [0.5, 0.6) is 0 Å². The second-order valence-corrected chi connectivity index (χ2v) is 10.3. The Kier molecular flexibility index (Phi) is 5.59. The maximum Gasteiger partial charge on any atom is 0.338 e. The smallest absolute Gasteiger partial charge is 0.338 e. The molecule has 2 unspecified atom stereocenters. The molecule has 2 aliphatic rings. The van der Waals surface area contributed by atoms with Gasteiger partial charge in [-0.2, -0.15) is 0 Å². The molecule has 1 aromatic heterocycles. The molecule has 1 amide bonds. The highest BCUT2D eigenvalue weighted by Gasteiger charge is 2.36. The molecule has 3 heterocycles. The molecule has 0 bridgehead atoms. The molecule has 10 heteroatoms. The van der Waals surface area contributed by atoms with E-state index in [9.17, 15) is 22.8 Å². The fourth-order valence-electron chi connectivity index (χ4n) is 4.34. The Morgan fingerprint density at radius 1 is 1.35 bits per heavy atom. The zero-order valence-electron chi connectivity index (χ0n) is 17.5. The highest BCUT2D eigenvalue weighted by molar-refractivity contribution is 7.91. The normalized spacial score (nSPS) is 20.4. The van der Waals surface area contributed by atoms with Crippen LogP contribution in [0.25, 0.3) is 10.9 Å². The van der Waals surface area contributed by atoms with Crippen LogP contribution in [0, 0.1) is 0 Å². The standard InChI is InChI=1S/C21H25N3O6S/c1-3-23(15-8-10-31(28,29)12-15)19(25)13(2)30-21(27)14-6-7-16-17(11-14)22-18-5-4-9-24(18)20(16)26/h6-7,11,13,15H,3-5,8-10,12H2,1-2H3. The zero-order chi connectivity index (χ0) is 22.3. The summed E-state index contributed by atoms with van der Waals surface area (Å²) < 4.78 is 30.6. The lowest BCUT2D eigenvalue weighted by Crippen LogP contribution is -2.46. The first-order valence-electron chi connectivity index (χ1n) is 10.5. The molecule has 0 saturated carbocycles. The fourth-order valence-corrected chi connectivity index (χ4v) is 6.07. The number of carbonyl (C=O) groups is 2. The highest BCUT2D eigenvalue weighted by atomic mass is 32.2. The zero-order valence-corrected chi connectivity index (χ0v) is 18.4. The minimum Gasteiger partial charge on any atom is -0.449 e. The number of hydrogen-bond acceptors (Lipinski definition) is 7. The second-order valence-electron chi connectivity index (χ2n) is 8.05. The molecule has 2 aliphatic heterocycles. The lowest BCUT2D eigenvalue weighted by atomic mass is 10.1. The van der Waals surface area contributed by atoms with Gasteiger partial charge in [0, 0.05) is 25.6 Å². The second kappa shape index (κ2) is 8.07. The molecule has 2 aromatic rings. The number of carbonyl (C=O) groups excluding carboxylic acids is 2. The summed E-state index contributed by atoms with van der Waals surface area (Å²) in [5.41, 5.74) is 0.512. The number of sulfone groups is 1. The Morgan fingerprint density at radius 2 is 2.13 bits per heavy atom. The van der Waals surface area contributed by atoms with Gasteiger partial charge < -0.3 is 9.64 Å². The molecule has 4 rings (SSSR count). The van der Waals surface area contributed by atoms with Crippen LogP contribution in [0.1, 0.15) is 42.9 Å². The van der Waals surface area contributed by atoms with Gasteiger partial charge >= 0.3 is 5.97 Å². The molecule has 2 atom stereocenters. The van der Waals surface area contributed by atoms with E-state index in [0.717, 1.165) is 12.8 Å². The van der Waals surface area contributed by atoms with Crippen LogP contribution < -0.4 is 5.56 Å². The van der Waals surface area contributed by atoms with Gasteiger partial charge in [-0.15, -0.1) is 0 Å². The van der Waals surface area contributed by atoms with Crippen LogP contribution in [0.3, 0.4) is 0 Å². The van der Waals surface area contributed by atoms with Crippen LogP contribution in [-0.2, 0) is 32.3 Å². The van der Waals surface area contributed by atoms with Crippen molar-refractivity contribution < 1.29 is 22.7 Å². The first-order chi connectivity index (χ1) is 14.7. The lowest BCUT2D eigenvalue weighted by molar-refractivity contribution is -0.141. The van der Waals surface area contributed by atoms with Crippen LogP contribution in [-0.4, -0.2) is 64.9 Å². The number of hydrogen-bond donors (Lipinski definition) is 0. The van der Waals surface area contributed by atoms with E-state index in [0.29, 0.717) is 36.2 Å². The molecule has 0 spiro atoms. The van der Waals surface area contributed by atoms with Crippen LogP contribution in [0.2, 0.25) is 0 Å². The predicted molar refractivity (Wildman–Crippen MR) is 114 cm³/mol. The Balaban J connectivity index is 1.50. The maximum absolute atomic E-state index is 12.8. The quantitative estimate of drug-likeness (QED) is 0.626. The van der Waals surface area contributed by atoms with Crippen molar-refractivity contribution >= 4 is 32.6 Å². The van der Waals surface area contributed by atoms with Crippen molar-refractivity contribution in [2.75, 3.05) is 18.1 Å². The highest BCUT2D eigenvalue weighted by Crippen LogP contribution is 2.20. The number of aromatic nitrogens is 2. The average Bonchev–Trinajstić information content (AvgIpc) is 3.34. The maximum atomic E-state index is 12.8. The molecule has 31 heavy (non-hydrogen) atoms. The molecule has 166 valence electrons. The SMILES string of the molecule is CCN(C(=O)C(C)OC(=O)c1ccc2c(=O)n3c(nc2c1)CCC3)C1CCS(=O)(=O)C1. The third-order valence-electron chi connectivity index (χ3n) is 5.96. The van der Waals surface area contributed by atoms with Crippen molar-refractivity contribution in [3.63, 3.8) is 0 Å². The van der Waals surface area contributed by atoms with E-state index in [1.54, 1.807) is 17.6 Å². The van der Waals surface area contributed by atoms with E-state index in [4.69, 9.17) is 4.74 Å². The molecule has 0 N–H and O–H groups in total. The molecular formula is C21H25N3O6S. The number of amides is 1. The van der Waals surface area contributed by atoms with Gasteiger partial charge in [0.2, 0.25) is 0 Å². The molecule has 1 aromatic carbocycles. The molecule has 0 radical (unpaired) electrons. The summed E-state index contributed by atoms with van der Waals surface area (Å²) in [6, 6.07) is 4.16. The number of fused-ring (bicyclic) bond motifs is 2. The van der Waals surface area contributed by atoms with E-state index < -0.39 is 33.9 Å². The summed E-state index contributed by atoms with van der Waals surface area (Å²) in [5.74, 6) is -0.419. The van der Waals surface area contributed by atoms with Gasteiger partial charge in [0.05, 0.1) is 28.0 Å². The van der Waals surface area contributed by atoms with Gasteiger partial charge in [-0.25, -0.2) is 18.2 Å². The van der Waals surface area contributed by atoms with Gasteiger partial charge in [0.25, 0.3) is 11.5 Å². The minimum absolute atomic E-state index is 0.0589. The third kappa shape index (κ3) is 4.08. The number of esters is 1. The van der Waals surface area contributed by atoms with E-state index in [1.165, 1.54) is 24.0 Å². The van der Waals surface area contributed by atoms with Crippen molar-refractivity contribution in [1.82, 2.24) is 14.5 Å². The summed E-state index contributed by atoms with van der Waals surface area (Å²) in [7, 11) is -3.14. The number of benzene rings is 1. The van der Waals surface area contributed by atoms with Crippen molar-refractivity contribution in [3.05, 3.63) is 39.9 Å². The topological polar surface area (TPSA) is 116 Å². The lowest BCUT2D eigenvalue weighted by Gasteiger charge is -2.29. The van der Waals surface area contributed by atoms with Crippen LogP contribution in [0.4, 0.5) is 0 Å². The third-order valence-corrected chi connectivity index (χ3v) is 7.71. The largest absolute Gasteiger partial charge is 0.449 e. The number of likely N-dealkylation sites (N-methyl/N-ethyl adjacent to an activating group) is 1. The summed E-state index contributed by atoms with van der Waals surface area (Å²) in [4.78, 5) is 44.0. The Bertz CT molecular complexity index is 1220. The number of nitrogens with zero attached hydrogens (tertiary/aromatic N) is 3. The number of ether oxygens (including phenoxy) is 1. The van der Waals surface area contributed by atoms with Crippen molar-refractivity contribution in [1.29, 1.82) is 0 Å². The number of rotatable bonds is 5. The summed E-state index contributed by atoms with van der Waals surface area (Å²) in [6.07, 6.45) is 0.905. The summed E-state index contributed by atoms with van der Waals surface area (Å²) >= 11 is 0. The predicted octanol–water partition coefficient (Wildman–Crippen LogP) is 0.924. The summed E-state index contributed by atoms with van der Waals surface area (Å²) in [5, 5.41) is 0.436. The van der Waals surface area contributed by atoms with Crippen LogP contribution in [0.15, 0.2) is 23.0 Å². The molecular weight excluding hydrogens is 422 g/mol. The van der Waals surface area contributed by atoms with E-state index >= 15 is 0 Å². The molecule has 1 saturated heterocycles. The number of aryl methyl sites for hydroxylation is 1. The van der Waals surface area contributed by atoms with Crippen molar-refractivity contribution in [2.24, 2.45) is 0 Å². The minimum atomic E-state index is -3.14. The monoisotopic (exact) mass is 447 g/mol. The Hall–Kier alpha value is -2.75. The van der Waals surface area contributed by atoms with Gasteiger partial charge in [-0.1, -0.05) is 0 Å². The van der Waals surface area contributed by atoms with E-state index in [-0.39, 0.29) is 22.6 Å². The first-order valence-corrected chi connectivity index (χ1v) is 12.3. The molecule has 1 fully saturated rings. The van der Waals surface area contributed by atoms with Crippen molar-refractivity contribution in [2.45, 2.75) is 51.8 Å².